The van der Waals surface area contributed by atoms with Crippen LogP contribution in [-0.4, -0.2) is 11.1 Å². The van der Waals surface area contributed by atoms with E-state index in [1.165, 1.54) is 0 Å². The summed E-state index contributed by atoms with van der Waals surface area (Å²) < 4.78 is 48.8. The standard InChI is InChI=1S/C7H4F4NO2/c8-5-2-1-4(7(9,10)11)3-6(5)12(13)14/h2-3H,1H2. The normalized spacial score (nSPS) is 18.1. The highest BCUT2D eigenvalue weighted by molar-refractivity contribution is 5.33. The van der Waals surface area contributed by atoms with Crippen LogP contribution in [0.3, 0.4) is 0 Å². The van der Waals surface area contributed by atoms with E-state index in [9.17, 15) is 27.7 Å². The zero-order chi connectivity index (χ0) is 10.9. The Balaban J connectivity index is 3.07. The lowest BCUT2D eigenvalue weighted by Crippen LogP contribution is -2.16. The molecule has 0 unspecified atom stereocenters. The smallest absolute Gasteiger partial charge is 0.258 e. The van der Waals surface area contributed by atoms with Gasteiger partial charge in [-0.1, -0.05) is 0 Å². The molecule has 0 heterocycles. The number of halogens is 4. The molecule has 0 spiro atoms. The molecule has 0 saturated heterocycles. The first kappa shape index (κ1) is 10.7. The largest absolute Gasteiger partial charge is 0.412 e. The molecule has 0 aliphatic heterocycles. The molecule has 7 heteroatoms. The highest BCUT2D eigenvalue weighted by Crippen LogP contribution is 2.35. The number of hydrogen-bond acceptors (Lipinski definition) is 2. The fourth-order valence-electron chi connectivity index (χ4n) is 0.935. The predicted octanol–water partition coefficient (Wildman–Crippen LogP) is 2.54. The fraction of sp³-hybridized carbons (Fsp3) is 0.286. The molecule has 0 saturated carbocycles. The van der Waals surface area contributed by atoms with E-state index in [0.29, 0.717) is 6.42 Å². The molecule has 77 valence electrons. The van der Waals surface area contributed by atoms with Crippen molar-refractivity contribution in [1.29, 1.82) is 0 Å². The molecule has 0 atom stereocenters. The molecule has 3 nitrogen and oxygen atoms in total. The van der Waals surface area contributed by atoms with Crippen LogP contribution in [0.1, 0.15) is 6.42 Å². The van der Waals surface area contributed by atoms with Gasteiger partial charge in [-0.05, 0) is 6.42 Å². The summed E-state index contributed by atoms with van der Waals surface area (Å²) in [5.74, 6) is -1.23. The van der Waals surface area contributed by atoms with Gasteiger partial charge in [0, 0.05) is 18.1 Å². The number of alkyl halides is 3. The van der Waals surface area contributed by atoms with Gasteiger partial charge in [-0.2, -0.15) is 13.2 Å². The quantitative estimate of drug-likeness (QED) is 0.379. The Kier molecular flexibility index (Phi) is 2.59. The molecular weight excluding hydrogens is 206 g/mol. The van der Waals surface area contributed by atoms with Gasteiger partial charge in [0.05, 0.1) is 4.92 Å². The summed E-state index contributed by atoms with van der Waals surface area (Å²) in [6, 6.07) is 0. The maximum Gasteiger partial charge on any atom is 0.412 e. The third-order valence-corrected chi connectivity index (χ3v) is 1.62. The average Bonchev–Trinajstić information content (AvgIpc) is 2.02. The van der Waals surface area contributed by atoms with Crippen molar-refractivity contribution in [3.63, 3.8) is 0 Å². The van der Waals surface area contributed by atoms with Crippen LogP contribution in [0.5, 0.6) is 0 Å². The maximum absolute atomic E-state index is 12.6. The SMILES string of the molecule is O=[N+]([O-])C1=C(F)[CH]CC(C(F)(F)F)=C1. The summed E-state index contributed by atoms with van der Waals surface area (Å²) in [5, 5.41) is 10.1. The summed E-state index contributed by atoms with van der Waals surface area (Å²) in [6.45, 7) is 0. The second-order valence-electron chi connectivity index (χ2n) is 2.57. The van der Waals surface area contributed by atoms with E-state index in [2.05, 4.69) is 0 Å². The van der Waals surface area contributed by atoms with E-state index in [0.717, 1.165) is 0 Å². The molecule has 0 aromatic rings. The minimum atomic E-state index is -4.65. The van der Waals surface area contributed by atoms with Crippen LogP contribution in [0.25, 0.3) is 0 Å². The predicted molar refractivity (Wildman–Crippen MR) is 38.2 cm³/mol. The third kappa shape index (κ3) is 2.09. The van der Waals surface area contributed by atoms with E-state index in [1.54, 1.807) is 0 Å². The van der Waals surface area contributed by atoms with Crippen molar-refractivity contribution in [2.75, 3.05) is 0 Å². The van der Waals surface area contributed by atoms with Crippen LogP contribution in [0.4, 0.5) is 17.6 Å². The van der Waals surface area contributed by atoms with E-state index >= 15 is 0 Å². The van der Waals surface area contributed by atoms with Crippen LogP contribution >= 0.6 is 0 Å². The Morgan fingerprint density at radius 1 is 1.43 bits per heavy atom. The zero-order valence-corrected chi connectivity index (χ0v) is 6.64. The minimum absolute atomic E-state index is 0.218. The lowest BCUT2D eigenvalue weighted by molar-refractivity contribution is -0.421. The van der Waals surface area contributed by atoms with Crippen molar-refractivity contribution in [3.05, 3.63) is 39.7 Å². The van der Waals surface area contributed by atoms with Crippen molar-refractivity contribution in [1.82, 2.24) is 0 Å². The number of hydrogen-bond donors (Lipinski definition) is 0. The minimum Gasteiger partial charge on any atom is -0.258 e. The number of allylic oxidation sites excluding steroid dienone is 3. The van der Waals surface area contributed by atoms with Gasteiger partial charge in [-0.25, -0.2) is 4.39 Å². The highest BCUT2D eigenvalue weighted by Gasteiger charge is 2.38. The topological polar surface area (TPSA) is 43.1 Å². The molecule has 1 aliphatic rings. The molecule has 0 aromatic heterocycles. The van der Waals surface area contributed by atoms with Gasteiger partial charge < -0.3 is 0 Å². The van der Waals surface area contributed by atoms with Crippen molar-refractivity contribution in [3.8, 4) is 0 Å². The summed E-state index contributed by atoms with van der Waals surface area (Å²) in [7, 11) is 0. The van der Waals surface area contributed by atoms with E-state index in [1.807, 2.05) is 0 Å². The molecule has 0 bridgehead atoms. The lowest BCUT2D eigenvalue weighted by Gasteiger charge is -2.13. The van der Waals surface area contributed by atoms with Crippen LogP contribution in [-0.2, 0) is 0 Å². The third-order valence-electron chi connectivity index (χ3n) is 1.62. The number of nitrogens with zero attached hydrogens (tertiary/aromatic N) is 1. The van der Waals surface area contributed by atoms with Gasteiger partial charge >= 0.3 is 11.9 Å². The van der Waals surface area contributed by atoms with Crippen LogP contribution < -0.4 is 0 Å². The second-order valence-corrected chi connectivity index (χ2v) is 2.57. The van der Waals surface area contributed by atoms with Crippen molar-refractivity contribution in [2.24, 2.45) is 0 Å². The maximum atomic E-state index is 12.6. The average molecular weight is 210 g/mol. The van der Waals surface area contributed by atoms with E-state index < -0.39 is 34.6 Å². The van der Waals surface area contributed by atoms with Crippen LogP contribution in [0, 0.1) is 16.5 Å². The Labute approximate surface area is 75.9 Å². The van der Waals surface area contributed by atoms with E-state index in [-0.39, 0.29) is 6.08 Å². The molecule has 0 amide bonds. The molecule has 1 aliphatic carbocycles. The Morgan fingerprint density at radius 3 is 2.43 bits per heavy atom. The van der Waals surface area contributed by atoms with Gasteiger partial charge in [0.15, 0.2) is 5.83 Å². The molecule has 0 fully saturated rings. The van der Waals surface area contributed by atoms with Crippen LogP contribution in [0.15, 0.2) is 23.2 Å². The fourth-order valence-corrected chi connectivity index (χ4v) is 0.935. The summed E-state index contributed by atoms with van der Waals surface area (Å²) >= 11 is 0. The summed E-state index contributed by atoms with van der Waals surface area (Å²) in [6.07, 6.45) is -4.57. The van der Waals surface area contributed by atoms with Crippen molar-refractivity contribution in [2.45, 2.75) is 12.6 Å². The van der Waals surface area contributed by atoms with Crippen molar-refractivity contribution >= 4 is 0 Å². The first-order valence-electron chi connectivity index (χ1n) is 3.47. The molecule has 0 N–H and O–H groups in total. The zero-order valence-electron chi connectivity index (χ0n) is 6.64. The first-order valence-corrected chi connectivity index (χ1v) is 3.47. The van der Waals surface area contributed by atoms with Gasteiger partial charge in [0.25, 0.3) is 0 Å². The van der Waals surface area contributed by atoms with Crippen LogP contribution in [0.2, 0.25) is 0 Å². The van der Waals surface area contributed by atoms with Gasteiger partial charge in [-0.15, -0.1) is 0 Å². The lowest BCUT2D eigenvalue weighted by atomic mass is 10.0. The number of nitro groups is 1. The van der Waals surface area contributed by atoms with Gasteiger partial charge in [-0.3, -0.25) is 10.1 Å². The number of rotatable bonds is 1. The van der Waals surface area contributed by atoms with E-state index in [4.69, 9.17) is 0 Å². The summed E-state index contributed by atoms with van der Waals surface area (Å²) in [4.78, 5) is 8.93. The Bertz CT molecular complexity index is 329. The van der Waals surface area contributed by atoms with Crippen molar-refractivity contribution < 1.29 is 22.5 Å². The monoisotopic (exact) mass is 210 g/mol. The highest BCUT2D eigenvalue weighted by atomic mass is 19.4. The molecule has 0 aromatic carbocycles. The first-order chi connectivity index (χ1) is 6.32. The van der Waals surface area contributed by atoms with Gasteiger partial charge in [0.1, 0.15) is 0 Å². The molecular formula is C7H4F4NO2. The second kappa shape index (κ2) is 3.39. The van der Waals surface area contributed by atoms with Gasteiger partial charge in [0.2, 0.25) is 0 Å². The Morgan fingerprint density at radius 2 is 2.00 bits per heavy atom. The molecule has 14 heavy (non-hydrogen) atoms. The molecule has 1 radical (unpaired) electrons. The Hall–Kier alpha value is -1.40. The summed E-state index contributed by atoms with van der Waals surface area (Å²) in [5.41, 5.74) is -2.27. The molecule has 1 rings (SSSR count).